The van der Waals surface area contributed by atoms with Gasteiger partial charge in [-0.25, -0.2) is 4.79 Å². The number of amides is 1. The molecule has 2 heterocycles. The third-order valence-electron chi connectivity index (χ3n) is 5.73. The Morgan fingerprint density at radius 1 is 1.20 bits per heavy atom. The normalized spacial score (nSPS) is 16.5. The van der Waals surface area contributed by atoms with Crippen LogP contribution in [-0.2, 0) is 14.3 Å². The van der Waals surface area contributed by atoms with Gasteiger partial charge in [0.1, 0.15) is 0 Å². The van der Waals surface area contributed by atoms with Crippen molar-refractivity contribution >= 4 is 29.4 Å². The first-order chi connectivity index (χ1) is 14.4. The molecule has 0 bridgehead atoms. The zero-order valence-corrected chi connectivity index (χ0v) is 17.4. The first-order valence-corrected chi connectivity index (χ1v) is 10.4. The van der Waals surface area contributed by atoms with E-state index in [9.17, 15) is 14.4 Å². The van der Waals surface area contributed by atoms with Gasteiger partial charge in [0.25, 0.3) is 0 Å². The Balaban J connectivity index is 1.35. The maximum atomic E-state index is 12.4. The molecule has 1 saturated carbocycles. The lowest BCUT2D eigenvalue weighted by atomic mass is 10.1. The third kappa shape index (κ3) is 4.22. The first-order valence-electron chi connectivity index (χ1n) is 10.4. The van der Waals surface area contributed by atoms with E-state index < -0.39 is 5.97 Å². The monoisotopic (exact) mass is 406 g/mol. The number of carbonyl (C=O) groups excluding carboxylic acids is 3. The van der Waals surface area contributed by atoms with Gasteiger partial charge in [0.2, 0.25) is 5.91 Å². The van der Waals surface area contributed by atoms with Crippen LogP contribution in [0.2, 0.25) is 0 Å². The lowest BCUT2D eigenvalue weighted by Crippen LogP contribution is -2.24. The number of carbonyl (C=O) groups is 3. The minimum Gasteiger partial charge on any atom is -0.454 e. The smallest absolute Gasteiger partial charge is 0.331 e. The van der Waals surface area contributed by atoms with E-state index >= 15 is 0 Å². The minimum atomic E-state index is -0.551. The highest BCUT2D eigenvalue weighted by molar-refractivity contribution is 6.01. The fourth-order valence-corrected chi connectivity index (χ4v) is 4.06. The summed E-state index contributed by atoms with van der Waals surface area (Å²) < 4.78 is 7.45. The molecule has 1 aromatic heterocycles. The van der Waals surface area contributed by atoms with Crippen molar-refractivity contribution in [3.63, 3.8) is 0 Å². The van der Waals surface area contributed by atoms with Gasteiger partial charge < -0.3 is 14.2 Å². The average molecular weight is 406 g/mol. The van der Waals surface area contributed by atoms with Crippen molar-refractivity contribution in [3.05, 3.63) is 58.9 Å². The molecule has 1 aliphatic heterocycles. The Morgan fingerprint density at radius 3 is 2.70 bits per heavy atom. The molecule has 1 amide bonds. The summed E-state index contributed by atoms with van der Waals surface area (Å²) in [5.74, 6) is -0.778. The number of hydrogen-bond donors (Lipinski definition) is 0. The number of benzene rings is 1. The maximum Gasteiger partial charge on any atom is 0.331 e. The molecule has 156 valence electrons. The number of nitrogens with zero attached hydrogens (tertiary/aromatic N) is 2. The quantitative estimate of drug-likeness (QED) is 0.396. The van der Waals surface area contributed by atoms with Gasteiger partial charge in [-0.05, 0) is 62.9 Å². The molecule has 0 atom stereocenters. The van der Waals surface area contributed by atoms with Crippen LogP contribution in [0.3, 0.4) is 0 Å². The summed E-state index contributed by atoms with van der Waals surface area (Å²) in [6, 6.07) is 9.56. The summed E-state index contributed by atoms with van der Waals surface area (Å²) in [7, 11) is 0. The zero-order chi connectivity index (χ0) is 21.3. The van der Waals surface area contributed by atoms with Crippen molar-refractivity contribution < 1.29 is 19.1 Å². The highest BCUT2D eigenvalue weighted by atomic mass is 16.5. The number of anilines is 1. The third-order valence-corrected chi connectivity index (χ3v) is 5.73. The van der Waals surface area contributed by atoms with E-state index in [0.29, 0.717) is 30.3 Å². The summed E-state index contributed by atoms with van der Waals surface area (Å²) in [6.07, 6.45) is 6.88. The van der Waals surface area contributed by atoms with Crippen LogP contribution in [0.25, 0.3) is 6.08 Å². The second-order valence-corrected chi connectivity index (χ2v) is 7.99. The molecule has 4 rings (SSSR count). The number of Topliss-reactive ketones (excluding diaryl/α,β-unsaturated/α-hetero) is 1. The lowest BCUT2D eigenvalue weighted by molar-refractivity contribution is -0.136. The molecule has 1 aliphatic carbocycles. The van der Waals surface area contributed by atoms with Gasteiger partial charge in [0.05, 0.1) is 0 Å². The van der Waals surface area contributed by atoms with Crippen LogP contribution < -0.4 is 4.90 Å². The Hall–Kier alpha value is -3.15. The van der Waals surface area contributed by atoms with E-state index in [2.05, 4.69) is 24.5 Å². The van der Waals surface area contributed by atoms with Crippen LogP contribution >= 0.6 is 0 Å². The number of aromatic nitrogens is 1. The summed E-state index contributed by atoms with van der Waals surface area (Å²) in [4.78, 5) is 38.1. The van der Waals surface area contributed by atoms with Gasteiger partial charge in [0, 0.05) is 47.7 Å². The Morgan fingerprint density at radius 2 is 2.00 bits per heavy atom. The molecule has 2 fully saturated rings. The van der Waals surface area contributed by atoms with Crippen LogP contribution in [-0.4, -0.2) is 35.4 Å². The fraction of sp³-hybridized carbons (Fsp3) is 0.375. The largest absolute Gasteiger partial charge is 0.454 e. The standard InChI is InChI=1S/C24H26N2O4/c1-16-13-18(17(2)26(16)20-9-10-20)8-11-24(29)30-15-22(27)19-5-3-6-21(14-19)25-12-4-7-23(25)28/h3,5-6,8,11,13-14,20H,4,7,9-10,12,15H2,1-2H3/b11-8+. The fourth-order valence-electron chi connectivity index (χ4n) is 4.06. The molecular formula is C24H26N2O4. The zero-order valence-electron chi connectivity index (χ0n) is 17.4. The van der Waals surface area contributed by atoms with Crippen LogP contribution in [0.5, 0.6) is 0 Å². The van der Waals surface area contributed by atoms with E-state index in [1.807, 2.05) is 6.07 Å². The molecule has 1 aromatic carbocycles. The highest BCUT2D eigenvalue weighted by Gasteiger charge is 2.26. The maximum absolute atomic E-state index is 12.4. The van der Waals surface area contributed by atoms with E-state index in [0.717, 1.165) is 17.7 Å². The number of esters is 1. The van der Waals surface area contributed by atoms with E-state index in [4.69, 9.17) is 4.74 Å². The number of ketones is 1. The van der Waals surface area contributed by atoms with Crippen LogP contribution in [0, 0.1) is 13.8 Å². The number of ether oxygens (including phenoxy) is 1. The summed E-state index contributed by atoms with van der Waals surface area (Å²) in [5, 5.41) is 0. The van der Waals surface area contributed by atoms with Crippen LogP contribution in [0.1, 0.15) is 59.0 Å². The van der Waals surface area contributed by atoms with Crippen LogP contribution in [0.15, 0.2) is 36.4 Å². The molecule has 0 spiro atoms. The summed E-state index contributed by atoms with van der Waals surface area (Å²) >= 11 is 0. The molecule has 6 nitrogen and oxygen atoms in total. The molecule has 2 aromatic rings. The van der Waals surface area contributed by atoms with Gasteiger partial charge in [-0.15, -0.1) is 0 Å². The molecule has 0 N–H and O–H groups in total. The van der Waals surface area contributed by atoms with E-state index in [-0.39, 0.29) is 18.3 Å². The van der Waals surface area contributed by atoms with Crippen molar-refractivity contribution in [2.45, 2.75) is 45.6 Å². The Bertz CT molecular complexity index is 1030. The highest BCUT2D eigenvalue weighted by Crippen LogP contribution is 2.38. The number of hydrogen-bond acceptors (Lipinski definition) is 4. The summed E-state index contributed by atoms with van der Waals surface area (Å²) in [6.45, 7) is 4.46. The van der Waals surface area contributed by atoms with Crippen molar-refractivity contribution in [1.29, 1.82) is 0 Å². The predicted molar refractivity (Wildman–Crippen MR) is 115 cm³/mol. The molecule has 2 aliphatic rings. The van der Waals surface area contributed by atoms with Gasteiger partial charge >= 0.3 is 5.97 Å². The first kappa shape index (κ1) is 20.1. The molecular weight excluding hydrogens is 380 g/mol. The predicted octanol–water partition coefficient (Wildman–Crippen LogP) is 4.01. The van der Waals surface area contributed by atoms with E-state index in [1.54, 1.807) is 29.2 Å². The SMILES string of the molecule is Cc1cc(/C=C/C(=O)OCC(=O)c2cccc(N3CCCC3=O)c2)c(C)n1C1CC1. The molecule has 0 radical (unpaired) electrons. The lowest BCUT2D eigenvalue weighted by Gasteiger charge is -2.16. The van der Waals surface area contributed by atoms with Gasteiger partial charge in [-0.1, -0.05) is 12.1 Å². The molecule has 30 heavy (non-hydrogen) atoms. The second-order valence-electron chi connectivity index (χ2n) is 7.99. The molecule has 6 heteroatoms. The van der Waals surface area contributed by atoms with Gasteiger partial charge in [-0.2, -0.15) is 0 Å². The number of aryl methyl sites for hydroxylation is 1. The van der Waals surface area contributed by atoms with E-state index in [1.165, 1.54) is 24.6 Å². The van der Waals surface area contributed by atoms with Crippen LogP contribution in [0.4, 0.5) is 5.69 Å². The van der Waals surface area contributed by atoms with Crippen molar-refractivity contribution in [1.82, 2.24) is 4.57 Å². The van der Waals surface area contributed by atoms with Crippen molar-refractivity contribution in [2.75, 3.05) is 18.1 Å². The Kier molecular flexibility index (Phi) is 5.57. The summed E-state index contributed by atoms with van der Waals surface area (Å²) in [5.41, 5.74) is 4.46. The minimum absolute atomic E-state index is 0.0669. The number of rotatable bonds is 7. The molecule has 0 unspecified atom stereocenters. The van der Waals surface area contributed by atoms with Crippen molar-refractivity contribution in [2.24, 2.45) is 0 Å². The average Bonchev–Trinajstić information content (AvgIpc) is 3.40. The molecule has 1 saturated heterocycles. The van der Waals surface area contributed by atoms with Crippen molar-refractivity contribution in [3.8, 4) is 0 Å². The topological polar surface area (TPSA) is 68.6 Å². The second kappa shape index (κ2) is 8.30. The van der Waals surface area contributed by atoms with Gasteiger partial charge in [-0.3, -0.25) is 9.59 Å². The van der Waals surface area contributed by atoms with Gasteiger partial charge in [0.15, 0.2) is 12.4 Å². The Labute approximate surface area is 176 Å².